The van der Waals surface area contributed by atoms with Crippen molar-refractivity contribution in [1.29, 1.82) is 0 Å². The van der Waals surface area contributed by atoms with E-state index >= 15 is 0 Å². The van der Waals surface area contributed by atoms with Gasteiger partial charge in [-0.1, -0.05) is 30.2 Å². The third-order valence-corrected chi connectivity index (χ3v) is 5.00. The predicted molar refractivity (Wildman–Crippen MR) is 107 cm³/mol. The van der Waals surface area contributed by atoms with Gasteiger partial charge in [0.1, 0.15) is 6.10 Å². The van der Waals surface area contributed by atoms with Gasteiger partial charge in [-0.3, -0.25) is 4.79 Å². The first kappa shape index (κ1) is 19.4. The number of amides is 1. The third kappa shape index (κ3) is 6.10. The molecule has 0 bridgehead atoms. The largest absolute Gasteiger partial charge is 0.459 e. The van der Waals surface area contributed by atoms with Crippen molar-refractivity contribution in [2.75, 3.05) is 5.32 Å². The van der Waals surface area contributed by atoms with E-state index in [1.807, 2.05) is 24.3 Å². The molecule has 0 unspecified atom stereocenters. The van der Waals surface area contributed by atoms with Crippen LogP contribution in [0.15, 0.2) is 48.5 Å². The monoisotopic (exact) mass is 385 g/mol. The van der Waals surface area contributed by atoms with E-state index < -0.39 is 0 Å². The summed E-state index contributed by atoms with van der Waals surface area (Å²) in [6, 6.07) is 14.3. The van der Waals surface area contributed by atoms with Crippen molar-refractivity contribution in [3.63, 3.8) is 0 Å². The van der Waals surface area contributed by atoms with Gasteiger partial charge in [0, 0.05) is 17.1 Å². The van der Waals surface area contributed by atoms with E-state index in [4.69, 9.17) is 16.3 Å². The number of hydrogen-bond donors (Lipinski definition) is 1. The molecule has 5 heteroatoms. The Morgan fingerprint density at radius 3 is 2.48 bits per heavy atom. The zero-order valence-corrected chi connectivity index (χ0v) is 16.0. The van der Waals surface area contributed by atoms with E-state index in [9.17, 15) is 9.59 Å². The number of benzene rings is 2. The summed E-state index contributed by atoms with van der Waals surface area (Å²) in [5, 5.41) is 3.52. The lowest BCUT2D eigenvalue weighted by atomic mass is 9.98. The molecule has 0 heterocycles. The first-order valence-electron chi connectivity index (χ1n) is 9.45. The smallest absolute Gasteiger partial charge is 0.338 e. The van der Waals surface area contributed by atoms with Gasteiger partial charge in [0.15, 0.2) is 0 Å². The van der Waals surface area contributed by atoms with E-state index in [-0.39, 0.29) is 18.0 Å². The molecule has 1 aliphatic carbocycles. The van der Waals surface area contributed by atoms with Crippen LogP contribution in [0.1, 0.15) is 54.4 Å². The fourth-order valence-electron chi connectivity index (χ4n) is 3.27. The van der Waals surface area contributed by atoms with Crippen LogP contribution in [0.4, 0.5) is 5.69 Å². The molecule has 2 aromatic rings. The molecule has 1 saturated carbocycles. The summed E-state index contributed by atoms with van der Waals surface area (Å²) < 4.78 is 5.56. The molecule has 0 aliphatic heterocycles. The molecule has 0 spiro atoms. The molecule has 0 radical (unpaired) electrons. The molecule has 1 N–H and O–H groups in total. The molecule has 1 amide bonds. The Bertz CT molecular complexity index is 782. The van der Waals surface area contributed by atoms with Crippen LogP contribution in [0.2, 0.25) is 5.02 Å². The predicted octanol–water partition coefficient (Wildman–Crippen LogP) is 5.40. The first-order chi connectivity index (χ1) is 13.1. The molecule has 3 rings (SSSR count). The summed E-state index contributed by atoms with van der Waals surface area (Å²) in [4.78, 5) is 24.3. The molecule has 0 aromatic heterocycles. The van der Waals surface area contributed by atoms with Crippen molar-refractivity contribution >= 4 is 29.2 Å². The maximum atomic E-state index is 12.2. The summed E-state index contributed by atoms with van der Waals surface area (Å²) >= 11 is 5.95. The molecule has 0 saturated heterocycles. The van der Waals surface area contributed by atoms with Gasteiger partial charge in [-0.15, -0.1) is 0 Å². The zero-order chi connectivity index (χ0) is 19.1. The second kappa shape index (κ2) is 9.56. The van der Waals surface area contributed by atoms with Gasteiger partial charge in [-0.2, -0.15) is 0 Å². The average Bonchev–Trinajstić information content (AvgIpc) is 2.68. The van der Waals surface area contributed by atoms with Crippen LogP contribution in [0.25, 0.3) is 0 Å². The summed E-state index contributed by atoms with van der Waals surface area (Å²) in [5.74, 6) is -0.367. The number of nitrogens with one attached hydrogen (secondary N) is 1. The number of carbonyl (C=O) groups is 2. The molecular formula is C22H24ClNO3. The highest BCUT2D eigenvalue weighted by Gasteiger charge is 2.18. The number of esters is 1. The summed E-state index contributed by atoms with van der Waals surface area (Å²) in [6.45, 7) is 0. The average molecular weight is 386 g/mol. The van der Waals surface area contributed by atoms with Crippen LogP contribution in [0.5, 0.6) is 0 Å². The number of halogens is 1. The zero-order valence-electron chi connectivity index (χ0n) is 15.2. The van der Waals surface area contributed by atoms with Crippen LogP contribution in [-0.2, 0) is 16.0 Å². The van der Waals surface area contributed by atoms with E-state index in [0.717, 1.165) is 31.2 Å². The number of anilines is 1. The Morgan fingerprint density at radius 2 is 1.78 bits per heavy atom. The number of aryl methyl sites for hydroxylation is 1. The van der Waals surface area contributed by atoms with Gasteiger partial charge < -0.3 is 10.1 Å². The number of carbonyl (C=O) groups excluding carboxylic acids is 2. The van der Waals surface area contributed by atoms with Crippen LogP contribution >= 0.6 is 11.6 Å². The highest BCUT2D eigenvalue weighted by molar-refractivity contribution is 6.30. The molecule has 27 heavy (non-hydrogen) atoms. The van der Waals surface area contributed by atoms with Crippen molar-refractivity contribution in [3.05, 3.63) is 64.7 Å². The van der Waals surface area contributed by atoms with Gasteiger partial charge in [-0.05, 0) is 74.1 Å². The van der Waals surface area contributed by atoms with Gasteiger partial charge in [0.05, 0.1) is 5.56 Å². The van der Waals surface area contributed by atoms with Gasteiger partial charge >= 0.3 is 5.97 Å². The summed E-state index contributed by atoms with van der Waals surface area (Å²) in [6.07, 6.45) is 6.40. The van der Waals surface area contributed by atoms with Gasteiger partial charge in [0.2, 0.25) is 5.91 Å². The number of rotatable bonds is 6. The van der Waals surface area contributed by atoms with E-state index in [1.165, 1.54) is 6.42 Å². The molecular weight excluding hydrogens is 362 g/mol. The fourth-order valence-corrected chi connectivity index (χ4v) is 3.48. The molecule has 0 atom stereocenters. The standard InChI is InChI=1S/C22H24ClNO3/c23-18-6-4-5-16(15-18)9-14-21(25)24-19-12-10-17(11-13-19)22(26)27-20-7-2-1-3-8-20/h4-6,10-13,15,20H,1-3,7-9,14H2,(H,24,25). The molecule has 2 aromatic carbocycles. The van der Waals surface area contributed by atoms with Crippen molar-refractivity contribution in [1.82, 2.24) is 0 Å². The Hall–Kier alpha value is -2.33. The minimum absolute atomic E-state index is 0.0390. The van der Waals surface area contributed by atoms with Crippen molar-refractivity contribution in [3.8, 4) is 0 Å². The Kier molecular flexibility index (Phi) is 6.88. The van der Waals surface area contributed by atoms with E-state index in [2.05, 4.69) is 5.32 Å². The first-order valence-corrected chi connectivity index (χ1v) is 9.83. The lowest BCUT2D eigenvalue weighted by Gasteiger charge is -2.21. The second-order valence-electron chi connectivity index (χ2n) is 6.92. The number of ether oxygens (including phenoxy) is 1. The minimum atomic E-state index is -0.291. The van der Waals surface area contributed by atoms with Crippen molar-refractivity contribution < 1.29 is 14.3 Å². The van der Waals surface area contributed by atoms with Crippen LogP contribution < -0.4 is 5.32 Å². The van der Waals surface area contributed by atoms with Crippen LogP contribution in [0, 0.1) is 0 Å². The van der Waals surface area contributed by atoms with Crippen LogP contribution in [-0.4, -0.2) is 18.0 Å². The molecule has 4 nitrogen and oxygen atoms in total. The lowest BCUT2D eigenvalue weighted by Crippen LogP contribution is -2.21. The topological polar surface area (TPSA) is 55.4 Å². The maximum Gasteiger partial charge on any atom is 0.338 e. The van der Waals surface area contributed by atoms with Crippen molar-refractivity contribution in [2.24, 2.45) is 0 Å². The SMILES string of the molecule is O=C(CCc1cccc(Cl)c1)Nc1ccc(C(=O)OC2CCCCC2)cc1. The number of hydrogen-bond acceptors (Lipinski definition) is 3. The fraction of sp³-hybridized carbons (Fsp3) is 0.364. The highest BCUT2D eigenvalue weighted by Crippen LogP contribution is 2.22. The Balaban J connectivity index is 1.47. The van der Waals surface area contributed by atoms with E-state index in [1.54, 1.807) is 24.3 Å². The van der Waals surface area contributed by atoms with Gasteiger partial charge in [-0.25, -0.2) is 4.79 Å². The summed E-state index contributed by atoms with van der Waals surface area (Å²) in [7, 11) is 0. The Morgan fingerprint density at radius 1 is 1.04 bits per heavy atom. The van der Waals surface area contributed by atoms with Crippen molar-refractivity contribution in [2.45, 2.75) is 51.0 Å². The highest BCUT2D eigenvalue weighted by atomic mass is 35.5. The molecule has 142 valence electrons. The maximum absolute atomic E-state index is 12.2. The molecule has 1 fully saturated rings. The normalized spacial score (nSPS) is 14.6. The van der Waals surface area contributed by atoms with Gasteiger partial charge in [0.25, 0.3) is 0 Å². The molecule has 1 aliphatic rings. The summed E-state index contributed by atoms with van der Waals surface area (Å²) in [5.41, 5.74) is 2.20. The third-order valence-electron chi connectivity index (χ3n) is 4.76. The minimum Gasteiger partial charge on any atom is -0.459 e. The van der Waals surface area contributed by atoms with Crippen LogP contribution in [0.3, 0.4) is 0 Å². The van der Waals surface area contributed by atoms with E-state index in [0.29, 0.717) is 29.1 Å². The lowest BCUT2D eigenvalue weighted by molar-refractivity contribution is -0.116. The Labute approximate surface area is 164 Å². The second-order valence-corrected chi connectivity index (χ2v) is 7.36. The quantitative estimate of drug-likeness (QED) is 0.677.